The maximum atomic E-state index is 12.8. The van der Waals surface area contributed by atoms with Crippen molar-refractivity contribution in [1.82, 2.24) is 10.3 Å². The van der Waals surface area contributed by atoms with E-state index in [4.69, 9.17) is 13.6 Å². The molecule has 1 amide bonds. The molecule has 1 N–H and O–H groups in total. The molecule has 0 aliphatic carbocycles. The van der Waals surface area contributed by atoms with Crippen LogP contribution in [-0.4, -0.2) is 18.0 Å². The normalized spacial score (nSPS) is 11.4. The average Bonchev–Trinajstić information content (AvgIpc) is 3.49. The summed E-state index contributed by atoms with van der Waals surface area (Å²) in [6.07, 6.45) is 0. The summed E-state index contributed by atoms with van der Waals surface area (Å²) < 4.78 is 18.0. The van der Waals surface area contributed by atoms with Gasteiger partial charge in [-0.25, -0.2) is 4.98 Å². The number of amides is 1. The molecule has 6 nitrogen and oxygen atoms in total. The van der Waals surface area contributed by atoms with Gasteiger partial charge < -0.3 is 18.9 Å². The van der Waals surface area contributed by atoms with Gasteiger partial charge in [0.1, 0.15) is 11.3 Å². The second-order valence-electron chi connectivity index (χ2n) is 6.77. The summed E-state index contributed by atoms with van der Waals surface area (Å²) in [5.74, 6) is 1.28. The molecule has 0 aliphatic heterocycles. The monoisotopic (exact) mass is 418 g/mol. The summed E-state index contributed by atoms with van der Waals surface area (Å²) in [4.78, 5) is 17.4. The first-order valence-electron chi connectivity index (χ1n) is 9.45. The molecule has 0 unspecified atom stereocenters. The number of fused-ring (bicyclic) bond motifs is 2. The number of rotatable bonds is 6. The van der Waals surface area contributed by atoms with E-state index in [0.717, 1.165) is 26.2 Å². The number of ether oxygens (including phenoxy) is 1. The van der Waals surface area contributed by atoms with Crippen LogP contribution in [0.3, 0.4) is 0 Å². The molecule has 2 aromatic carbocycles. The van der Waals surface area contributed by atoms with E-state index < -0.39 is 0 Å². The largest absolute Gasteiger partial charge is 0.457 e. The number of furan rings is 2. The predicted octanol–water partition coefficient (Wildman–Crippen LogP) is 5.38. The van der Waals surface area contributed by atoms with Crippen LogP contribution in [0.1, 0.15) is 21.9 Å². The summed E-state index contributed by atoms with van der Waals surface area (Å²) in [6.45, 7) is 0.537. The summed E-state index contributed by atoms with van der Waals surface area (Å²) >= 11 is 1.57. The molecule has 5 rings (SSSR count). The van der Waals surface area contributed by atoms with Crippen molar-refractivity contribution in [2.75, 3.05) is 7.11 Å². The van der Waals surface area contributed by atoms with Gasteiger partial charge in [0.2, 0.25) is 0 Å². The Hall–Kier alpha value is -3.42. The van der Waals surface area contributed by atoms with E-state index in [1.54, 1.807) is 18.4 Å². The molecule has 3 aromatic heterocycles. The Balaban J connectivity index is 1.34. The van der Waals surface area contributed by atoms with Gasteiger partial charge in [0.15, 0.2) is 16.5 Å². The van der Waals surface area contributed by atoms with Crippen LogP contribution in [0.4, 0.5) is 0 Å². The highest BCUT2D eigenvalue weighted by Gasteiger charge is 2.20. The SMILES string of the molecule is COCc1c(C(=O)NCc2ccc(-c3nc4ccccc4s3)o2)oc2ccccc12. The minimum Gasteiger partial charge on any atom is -0.457 e. The maximum Gasteiger partial charge on any atom is 0.287 e. The molecule has 7 heteroatoms. The van der Waals surface area contributed by atoms with Crippen LogP contribution in [0.2, 0.25) is 0 Å². The molecule has 0 bridgehead atoms. The highest BCUT2D eigenvalue weighted by molar-refractivity contribution is 7.21. The molecule has 0 radical (unpaired) electrons. The summed E-state index contributed by atoms with van der Waals surface area (Å²) in [6, 6.07) is 19.2. The zero-order valence-corrected chi connectivity index (χ0v) is 17.0. The fraction of sp³-hybridized carbons (Fsp3) is 0.130. The van der Waals surface area contributed by atoms with E-state index in [9.17, 15) is 4.79 Å². The quantitative estimate of drug-likeness (QED) is 0.401. The van der Waals surface area contributed by atoms with E-state index in [0.29, 0.717) is 23.7 Å². The van der Waals surface area contributed by atoms with Gasteiger partial charge in [-0.3, -0.25) is 4.79 Å². The number of nitrogens with one attached hydrogen (secondary N) is 1. The number of aromatic nitrogens is 1. The Morgan fingerprint density at radius 2 is 1.90 bits per heavy atom. The standard InChI is InChI=1S/C23H18N2O4S/c1-27-13-16-15-6-2-4-8-18(15)29-21(16)22(26)24-12-14-10-11-19(28-14)23-25-17-7-3-5-9-20(17)30-23/h2-11H,12-13H2,1H3,(H,24,26). The van der Waals surface area contributed by atoms with Gasteiger partial charge in [0.05, 0.1) is 23.4 Å². The Bertz CT molecular complexity index is 1310. The van der Waals surface area contributed by atoms with Gasteiger partial charge in [0, 0.05) is 18.1 Å². The second-order valence-corrected chi connectivity index (χ2v) is 7.80. The van der Waals surface area contributed by atoms with Crippen molar-refractivity contribution in [2.24, 2.45) is 0 Å². The third kappa shape index (κ3) is 3.38. The van der Waals surface area contributed by atoms with E-state index in [1.807, 2.05) is 60.7 Å². The molecular weight excluding hydrogens is 400 g/mol. The van der Waals surface area contributed by atoms with Crippen LogP contribution in [-0.2, 0) is 17.9 Å². The number of thiazole rings is 1. The third-order valence-electron chi connectivity index (χ3n) is 4.78. The van der Waals surface area contributed by atoms with E-state index in [2.05, 4.69) is 10.3 Å². The van der Waals surface area contributed by atoms with Crippen LogP contribution >= 0.6 is 11.3 Å². The minimum atomic E-state index is -0.309. The van der Waals surface area contributed by atoms with Crippen LogP contribution in [0, 0.1) is 0 Å². The number of benzene rings is 2. The minimum absolute atomic E-state index is 0.243. The van der Waals surface area contributed by atoms with Crippen molar-refractivity contribution >= 4 is 38.4 Å². The van der Waals surface area contributed by atoms with Crippen LogP contribution in [0.25, 0.3) is 32.0 Å². The third-order valence-corrected chi connectivity index (χ3v) is 5.83. The topological polar surface area (TPSA) is 77.5 Å². The molecular formula is C23H18N2O4S. The van der Waals surface area contributed by atoms with Crippen molar-refractivity contribution in [1.29, 1.82) is 0 Å². The number of methoxy groups -OCH3 is 1. The van der Waals surface area contributed by atoms with Gasteiger partial charge >= 0.3 is 0 Å². The summed E-state index contributed by atoms with van der Waals surface area (Å²) in [7, 11) is 1.59. The molecule has 0 aliphatic rings. The van der Waals surface area contributed by atoms with Gasteiger partial charge in [-0.15, -0.1) is 11.3 Å². The van der Waals surface area contributed by atoms with Gasteiger partial charge in [-0.2, -0.15) is 0 Å². The van der Waals surface area contributed by atoms with Crippen molar-refractivity contribution < 1.29 is 18.4 Å². The first-order valence-corrected chi connectivity index (χ1v) is 10.3. The molecule has 0 fully saturated rings. The molecule has 0 saturated carbocycles. The smallest absolute Gasteiger partial charge is 0.287 e. The molecule has 0 saturated heterocycles. The van der Waals surface area contributed by atoms with Crippen LogP contribution in [0.5, 0.6) is 0 Å². The lowest BCUT2D eigenvalue weighted by Gasteiger charge is -2.03. The summed E-state index contributed by atoms with van der Waals surface area (Å²) in [5, 5.41) is 4.56. The number of hydrogen-bond acceptors (Lipinski definition) is 6. The second kappa shape index (κ2) is 7.78. The Kier molecular flexibility index (Phi) is 4.82. The number of carbonyl (C=O) groups excluding carboxylic acids is 1. The number of para-hydroxylation sites is 2. The van der Waals surface area contributed by atoms with Crippen LogP contribution < -0.4 is 5.32 Å². The van der Waals surface area contributed by atoms with Gasteiger partial charge in [-0.05, 0) is 30.3 Å². The zero-order valence-electron chi connectivity index (χ0n) is 16.2. The van der Waals surface area contributed by atoms with Crippen molar-refractivity contribution in [3.05, 3.63) is 77.7 Å². The molecule has 0 atom stereocenters. The number of nitrogens with zero attached hydrogens (tertiary/aromatic N) is 1. The maximum absolute atomic E-state index is 12.8. The zero-order chi connectivity index (χ0) is 20.5. The number of hydrogen-bond donors (Lipinski definition) is 1. The molecule has 3 heterocycles. The molecule has 30 heavy (non-hydrogen) atoms. The van der Waals surface area contributed by atoms with E-state index >= 15 is 0 Å². The molecule has 0 spiro atoms. The van der Waals surface area contributed by atoms with E-state index in [1.165, 1.54) is 0 Å². The van der Waals surface area contributed by atoms with Gasteiger partial charge in [-0.1, -0.05) is 30.3 Å². The predicted molar refractivity (Wildman–Crippen MR) is 115 cm³/mol. The van der Waals surface area contributed by atoms with Gasteiger partial charge in [0.25, 0.3) is 5.91 Å². The first kappa shape index (κ1) is 18.6. The first-order chi connectivity index (χ1) is 14.7. The Morgan fingerprint density at radius 3 is 2.77 bits per heavy atom. The summed E-state index contributed by atoms with van der Waals surface area (Å²) in [5.41, 5.74) is 2.34. The lowest BCUT2D eigenvalue weighted by atomic mass is 10.1. The Morgan fingerprint density at radius 1 is 1.07 bits per heavy atom. The lowest BCUT2D eigenvalue weighted by molar-refractivity contribution is 0.0916. The fourth-order valence-electron chi connectivity index (χ4n) is 3.38. The molecule has 5 aromatic rings. The van der Waals surface area contributed by atoms with Crippen molar-refractivity contribution in [2.45, 2.75) is 13.2 Å². The van der Waals surface area contributed by atoms with Crippen molar-refractivity contribution in [3.63, 3.8) is 0 Å². The van der Waals surface area contributed by atoms with E-state index in [-0.39, 0.29) is 18.2 Å². The van der Waals surface area contributed by atoms with Crippen LogP contribution in [0.15, 0.2) is 69.5 Å². The average molecular weight is 418 g/mol. The fourth-order valence-corrected chi connectivity index (χ4v) is 4.31. The highest BCUT2D eigenvalue weighted by Crippen LogP contribution is 2.31. The molecule has 150 valence electrons. The Labute approximate surface area is 176 Å². The highest BCUT2D eigenvalue weighted by atomic mass is 32.1. The number of carbonyl (C=O) groups is 1. The lowest BCUT2D eigenvalue weighted by Crippen LogP contribution is -2.23. The van der Waals surface area contributed by atoms with Crippen molar-refractivity contribution in [3.8, 4) is 10.8 Å².